The fourth-order valence-corrected chi connectivity index (χ4v) is 6.91. The van der Waals surface area contributed by atoms with E-state index < -0.39 is 74.3 Å². The number of fused-ring (bicyclic) bond motifs is 1. The Hall–Kier alpha value is -3.45. The molecule has 44 heavy (non-hydrogen) atoms. The highest BCUT2D eigenvalue weighted by atomic mass is 35.5. The number of ether oxygens (including phenoxy) is 1. The summed E-state index contributed by atoms with van der Waals surface area (Å²) in [5.74, 6) is -1.69. The van der Waals surface area contributed by atoms with Gasteiger partial charge in [-0.25, -0.2) is 22.6 Å². The third-order valence-corrected chi connectivity index (χ3v) is 9.40. The number of hydrogen-bond acceptors (Lipinski definition) is 8. The molecule has 238 valence electrons. The molecular formula is C25H22ClF6N5O5S2. The van der Waals surface area contributed by atoms with E-state index in [2.05, 4.69) is 20.1 Å². The second kappa shape index (κ2) is 11.8. The van der Waals surface area contributed by atoms with Crippen LogP contribution in [0.3, 0.4) is 0 Å². The molecule has 0 saturated carbocycles. The number of rotatable bonds is 9. The smallest absolute Gasteiger partial charge is 0.433 e. The third kappa shape index (κ3) is 6.93. The van der Waals surface area contributed by atoms with Crippen molar-refractivity contribution in [1.29, 1.82) is 0 Å². The molecule has 3 heterocycles. The number of nitrogens with one attached hydrogen (secondary N) is 2. The molecule has 3 aromatic heterocycles. The van der Waals surface area contributed by atoms with Crippen LogP contribution in [0.4, 0.5) is 32.0 Å². The number of alkyl halides is 6. The van der Waals surface area contributed by atoms with Crippen molar-refractivity contribution in [3.05, 3.63) is 57.7 Å². The highest BCUT2D eigenvalue weighted by molar-refractivity contribution is 7.91. The molecule has 0 atom stereocenters. The van der Waals surface area contributed by atoms with Gasteiger partial charge in [0, 0.05) is 5.56 Å². The van der Waals surface area contributed by atoms with Crippen molar-refractivity contribution in [2.75, 3.05) is 18.5 Å². The number of aliphatic hydroxyl groups excluding tert-OH is 1. The molecule has 0 bridgehead atoms. The Labute approximate surface area is 254 Å². The van der Waals surface area contributed by atoms with Gasteiger partial charge >= 0.3 is 12.4 Å². The topological polar surface area (TPSA) is 135 Å². The van der Waals surface area contributed by atoms with E-state index in [4.69, 9.17) is 16.3 Å². The Morgan fingerprint density at radius 1 is 1.11 bits per heavy atom. The maximum atomic E-state index is 14.0. The fraction of sp³-hybridized carbons (Fsp3) is 0.320. The summed E-state index contributed by atoms with van der Waals surface area (Å²) in [6.07, 6.45) is -9.04. The first-order valence-electron chi connectivity index (χ1n) is 12.3. The minimum absolute atomic E-state index is 0.164. The van der Waals surface area contributed by atoms with Crippen LogP contribution in [0.2, 0.25) is 4.34 Å². The van der Waals surface area contributed by atoms with Crippen LogP contribution in [0.15, 0.2) is 40.7 Å². The van der Waals surface area contributed by atoms with Crippen LogP contribution < -0.4 is 14.8 Å². The average molecular weight is 686 g/mol. The average Bonchev–Trinajstić information content (AvgIpc) is 3.50. The SMILES string of the molecule is CCOc1cc(-c2cc(C(F)(F)F)n3ncc(C(=O)Nc4cc(S(=O)(=O)NC(C)(C)CO)sc4Cl)c3n2)ccc1C(F)(F)F. The fourth-order valence-electron chi connectivity index (χ4n) is 3.86. The number of aromatic nitrogens is 3. The lowest BCUT2D eigenvalue weighted by Crippen LogP contribution is -2.45. The van der Waals surface area contributed by atoms with E-state index in [9.17, 15) is 44.7 Å². The van der Waals surface area contributed by atoms with Crippen LogP contribution in [-0.4, -0.2) is 52.8 Å². The number of halogens is 7. The van der Waals surface area contributed by atoms with Gasteiger partial charge in [0.2, 0.25) is 0 Å². The van der Waals surface area contributed by atoms with E-state index in [-0.39, 0.29) is 26.4 Å². The molecule has 10 nitrogen and oxygen atoms in total. The number of carbonyl (C=O) groups is 1. The Balaban J connectivity index is 1.78. The Bertz CT molecular complexity index is 1840. The normalized spacial score (nSPS) is 13.0. The predicted octanol–water partition coefficient (Wildman–Crippen LogP) is 5.85. The largest absolute Gasteiger partial charge is 0.493 e. The molecule has 0 aliphatic rings. The van der Waals surface area contributed by atoms with Gasteiger partial charge in [-0.15, -0.1) is 11.3 Å². The minimum atomic E-state index is -5.03. The van der Waals surface area contributed by atoms with E-state index in [1.165, 1.54) is 20.8 Å². The summed E-state index contributed by atoms with van der Waals surface area (Å²) in [4.78, 5) is 17.3. The first kappa shape index (κ1) is 33.4. The summed E-state index contributed by atoms with van der Waals surface area (Å²) >= 11 is 6.71. The standard InChI is InChI=1S/C25H22ClF6N5O5S2/c1-4-42-17-7-12(5-6-14(17)24(27,28)29)15-8-18(25(30,31)32)37-21(34-15)13(10-33-37)22(39)35-16-9-19(43-20(16)26)44(40,41)36-23(2,3)11-38/h5-10,36,38H,4,11H2,1-3H3,(H,35,39). The van der Waals surface area contributed by atoms with Gasteiger partial charge in [0.05, 0.1) is 41.9 Å². The van der Waals surface area contributed by atoms with Gasteiger partial charge in [0.25, 0.3) is 15.9 Å². The van der Waals surface area contributed by atoms with Gasteiger partial charge in [-0.05, 0) is 45.0 Å². The number of benzene rings is 1. The van der Waals surface area contributed by atoms with Gasteiger partial charge in [-0.3, -0.25) is 4.79 Å². The maximum Gasteiger partial charge on any atom is 0.433 e. The number of aliphatic hydroxyl groups is 1. The predicted molar refractivity (Wildman–Crippen MR) is 148 cm³/mol. The van der Waals surface area contributed by atoms with Crippen LogP contribution in [-0.2, 0) is 22.4 Å². The minimum Gasteiger partial charge on any atom is -0.493 e. The lowest BCUT2D eigenvalue weighted by atomic mass is 10.1. The van der Waals surface area contributed by atoms with Crippen molar-refractivity contribution in [3.63, 3.8) is 0 Å². The van der Waals surface area contributed by atoms with Crippen molar-refractivity contribution in [1.82, 2.24) is 19.3 Å². The molecule has 0 fully saturated rings. The number of sulfonamides is 1. The molecule has 4 rings (SSSR count). The second-order valence-corrected chi connectivity index (χ2v) is 13.4. The van der Waals surface area contributed by atoms with Crippen molar-refractivity contribution in [3.8, 4) is 17.0 Å². The maximum absolute atomic E-state index is 14.0. The molecule has 0 saturated heterocycles. The van der Waals surface area contributed by atoms with Crippen molar-refractivity contribution < 1.29 is 49.4 Å². The van der Waals surface area contributed by atoms with Gasteiger partial charge in [-0.1, -0.05) is 17.7 Å². The number of anilines is 1. The summed E-state index contributed by atoms with van der Waals surface area (Å²) in [7, 11) is -4.20. The molecule has 19 heteroatoms. The summed E-state index contributed by atoms with van der Waals surface area (Å²) < 4.78 is 115. The number of hydrogen-bond donors (Lipinski definition) is 3. The quantitative estimate of drug-likeness (QED) is 0.188. The van der Waals surface area contributed by atoms with Crippen LogP contribution >= 0.6 is 22.9 Å². The molecule has 0 aliphatic heterocycles. The Kier molecular flexibility index (Phi) is 8.98. The Morgan fingerprint density at radius 3 is 2.39 bits per heavy atom. The van der Waals surface area contributed by atoms with Crippen LogP contribution in [0.5, 0.6) is 5.75 Å². The molecule has 1 amide bonds. The number of nitrogens with zero attached hydrogens (tertiary/aromatic N) is 3. The van der Waals surface area contributed by atoms with Crippen molar-refractivity contribution in [2.45, 2.75) is 42.9 Å². The summed E-state index contributed by atoms with van der Waals surface area (Å²) in [6.45, 7) is 3.58. The van der Waals surface area contributed by atoms with Gasteiger partial charge in [0.15, 0.2) is 11.3 Å². The lowest BCUT2D eigenvalue weighted by molar-refractivity contribution is -0.142. The van der Waals surface area contributed by atoms with E-state index in [1.807, 2.05) is 0 Å². The zero-order chi connectivity index (χ0) is 32.8. The molecule has 0 unspecified atom stereocenters. The first-order chi connectivity index (χ1) is 20.3. The first-order valence-corrected chi connectivity index (χ1v) is 15.0. The van der Waals surface area contributed by atoms with Crippen LogP contribution in [0, 0.1) is 0 Å². The highest BCUT2D eigenvalue weighted by Gasteiger charge is 2.37. The molecule has 0 aliphatic carbocycles. The second-order valence-electron chi connectivity index (χ2n) is 9.81. The van der Waals surface area contributed by atoms with Gasteiger partial charge in [0.1, 0.15) is 19.9 Å². The molecular weight excluding hydrogens is 664 g/mol. The summed E-state index contributed by atoms with van der Waals surface area (Å²) in [5.41, 5.74) is -5.64. The molecule has 3 N–H and O–H groups in total. The van der Waals surface area contributed by atoms with E-state index in [1.54, 1.807) is 0 Å². The van der Waals surface area contributed by atoms with Crippen LogP contribution in [0.1, 0.15) is 42.4 Å². The van der Waals surface area contributed by atoms with Gasteiger partial charge < -0.3 is 15.2 Å². The zero-order valence-corrected chi connectivity index (χ0v) is 25.2. The van der Waals surface area contributed by atoms with Crippen molar-refractivity contribution in [2.24, 2.45) is 0 Å². The third-order valence-electron chi connectivity index (χ3n) is 5.87. The molecule has 4 aromatic rings. The summed E-state index contributed by atoms with van der Waals surface area (Å²) in [6, 6.07) is 4.03. The van der Waals surface area contributed by atoms with Crippen molar-refractivity contribution >= 4 is 50.2 Å². The summed E-state index contributed by atoms with van der Waals surface area (Å²) in [5, 5.41) is 15.3. The molecule has 1 aromatic carbocycles. The number of carbonyl (C=O) groups excluding carboxylic acids is 1. The monoisotopic (exact) mass is 685 g/mol. The number of amides is 1. The van der Waals surface area contributed by atoms with E-state index in [0.29, 0.717) is 28.0 Å². The zero-order valence-electron chi connectivity index (χ0n) is 22.8. The molecule has 0 spiro atoms. The van der Waals surface area contributed by atoms with E-state index >= 15 is 0 Å². The number of thiophene rings is 1. The van der Waals surface area contributed by atoms with Crippen LogP contribution in [0.25, 0.3) is 16.9 Å². The highest BCUT2D eigenvalue weighted by Crippen LogP contribution is 2.40. The Morgan fingerprint density at radius 2 is 1.80 bits per heavy atom. The lowest BCUT2D eigenvalue weighted by Gasteiger charge is -2.22. The van der Waals surface area contributed by atoms with Gasteiger partial charge in [-0.2, -0.15) is 31.4 Å². The van der Waals surface area contributed by atoms with E-state index in [0.717, 1.165) is 24.4 Å². The molecule has 0 radical (unpaired) electrons.